The Balaban J connectivity index is 2.71. The molecule has 0 bridgehead atoms. The molecule has 0 aromatic rings. The topological polar surface area (TPSA) is 58.4 Å². The van der Waals surface area contributed by atoms with E-state index < -0.39 is 0 Å². The van der Waals surface area contributed by atoms with E-state index in [1.807, 2.05) is 6.92 Å². The van der Waals surface area contributed by atoms with Gasteiger partial charge in [-0.2, -0.15) is 0 Å². The first-order valence-electron chi connectivity index (χ1n) is 7.23. The molecular formula is C14H29N3O. The average molecular weight is 255 g/mol. The smallest absolute Gasteiger partial charge is 0.238 e. The lowest BCUT2D eigenvalue weighted by Gasteiger charge is -2.38. The second-order valence-corrected chi connectivity index (χ2v) is 6.07. The number of carbonyl (C=O) groups excluding carboxylic acids is 1. The van der Waals surface area contributed by atoms with Gasteiger partial charge in [0.05, 0.1) is 5.92 Å². The number of nitrogens with zero attached hydrogens (tertiary/aromatic N) is 1. The van der Waals surface area contributed by atoms with Gasteiger partial charge in [0, 0.05) is 18.6 Å². The highest BCUT2D eigenvalue weighted by molar-refractivity contribution is 5.78. The van der Waals surface area contributed by atoms with Gasteiger partial charge in [-0.05, 0) is 25.7 Å². The summed E-state index contributed by atoms with van der Waals surface area (Å²) in [6.07, 6.45) is 5.19. The molecule has 106 valence electrons. The van der Waals surface area contributed by atoms with Gasteiger partial charge >= 0.3 is 0 Å². The highest BCUT2D eigenvalue weighted by atomic mass is 16.2. The molecule has 1 fully saturated rings. The van der Waals surface area contributed by atoms with Crippen molar-refractivity contribution in [3.05, 3.63) is 0 Å². The van der Waals surface area contributed by atoms with Crippen LogP contribution in [0.25, 0.3) is 0 Å². The van der Waals surface area contributed by atoms with Crippen LogP contribution in [0.3, 0.4) is 0 Å². The van der Waals surface area contributed by atoms with Gasteiger partial charge in [-0.15, -0.1) is 0 Å². The molecule has 1 aliphatic rings. The zero-order valence-electron chi connectivity index (χ0n) is 12.3. The minimum atomic E-state index is -0.0609. The van der Waals surface area contributed by atoms with E-state index in [1.165, 1.54) is 25.7 Å². The number of carbonyl (C=O) groups is 1. The summed E-state index contributed by atoms with van der Waals surface area (Å²) >= 11 is 0. The Morgan fingerprint density at radius 3 is 2.28 bits per heavy atom. The average Bonchev–Trinajstić information content (AvgIpc) is 2.86. The maximum atomic E-state index is 11.7. The first kappa shape index (κ1) is 15.4. The zero-order chi connectivity index (χ0) is 13.7. The maximum Gasteiger partial charge on any atom is 0.238 e. The normalized spacial score (nSPS) is 20.4. The van der Waals surface area contributed by atoms with Crippen LogP contribution in [0.4, 0.5) is 0 Å². The molecule has 0 spiro atoms. The number of rotatable bonds is 6. The molecule has 2 atom stereocenters. The summed E-state index contributed by atoms with van der Waals surface area (Å²) in [6.45, 7) is 9.66. The van der Waals surface area contributed by atoms with E-state index in [0.29, 0.717) is 12.0 Å². The van der Waals surface area contributed by atoms with Crippen LogP contribution in [0, 0.1) is 11.8 Å². The first-order chi connectivity index (χ1) is 8.47. The minimum absolute atomic E-state index is 0.0608. The Kier molecular flexibility index (Phi) is 6.09. The molecular weight excluding hydrogens is 226 g/mol. The predicted octanol–water partition coefficient (Wildman–Crippen LogP) is 1.90. The van der Waals surface area contributed by atoms with Gasteiger partial charge in [0.15, 0.2) is 0 Å². The van der Waals surface area contributed by atoms with E-state index in [2.05, 4.69) is 31.1 Å². The molecule has 0 aromatic heterocycles. The van der Waals surface area contributed by atoms with Gasteiger partial charge in [-0.1, -0.05) is 33.6 Å². The Hall–Kier alpha value is -0.610. The van der Waals surface area contributed by atoms with Crippen molar-refractivity contribution in [3.63, 3.8) is 0 Å². The number of nitrogens with two attached hydrogens (primary N) is 1. The van der Waals surface area contributed by atoms with Gasteiger partial charge in [0.2, 0.25) is 5.91 Å². The maximum absolute atomic E-state index is 11.7. The van der Waals surface area contributed by atoms with Crippen LogP contribution in [-0.4, -0.2) is 29.4 Å². The van der Waals surface area contributed by atoms with E-state index in [1.54, 1.807) is 0 Å². The quantitative estimate of drug-likeness (QED) is 0.433. The lowest BCUT2D eigenvalue weighted by Crippen LogP contribution is -2.50. The van der Waals surface area contributed by atoms with E-state index in [-0.39, 0.29) is 17.9 Å². The number of amides is 1. The third kappa shape index (κ3) is 3.95. The molecule has 0 aromatic carbocycles. The van der Waals surface area contributed by atoms with Crippen molar-refractivity contribution >= 4 is 5.91 Å². The second-order valence-electron chi connectivity index (χ2n) is 6.07. The van der Waals surface area contributed by atoms with Gasteiger partial charge in [-0.25, -0.2) is 5.84 Å². The van der Waals surface area contributed by atoms with E-state index in [9.17, 15) is 4.79 Å². The van der Waals surface area contributed by atoms with Gasteiger partial charge in [0.25, 0.3) is 0 Å². The van der Waals surface area contributed by atoms with Crippen molar-refractivity contribution in [2.45, 2.75) is 65.5 Å². The third-order valence-electron chi connectivity index (χ3n) is 4.17. The fourth-order valence-electron chi connectivity index (χ4n) is 2.94. The van der Waals surface area contributed by atoms with Crippen molar-refractivity contribution in [2.75, 3.05) is 6.54 Å². The van der Waals surface area contributed by atoms with Crippen LogP contribution in [0.2, 0.25) is 0 Å². The SMILES string of the molecule is CC(C)CN(C1CCCC1)C(C)C(C)C(=O)NN. The molecule has 1 rings (SSSR count). The molecule has 0 radical (unpaired) electrons. The predicted molar refractivity (Wildman–Crippen MR) is 74.8 cm³/mol. The molecule has 0 heterocycles. The fourth-order valence-corrected chi connectivity index (χ4v) is 2.94. The van der Waals surface area contributed by atoms with Crippen LogP contribution >= 0.6 is 0 Å². The van der Waals surface area contributed by atoms with Gasteiger partial charge in [-0.3, -0.25) is 15.1 Å². The number of nitrogens with one attached hydrogen (secondary N) is 1. The summed E-state index contributed by atoms with van der Waals surface area (Å²) in [6, 6.07) is 0.898. The first-order valence-corrected chi connectivity index (χ1v) is 7.23. The van der Waals surface area contributed by atoms with Crippen LogP contribution in [0.1, 0.15) is 53.4 Å². The van der Waals surface area contributed by atoms with Crippen molar-refractivity contribution < 1.29 is 4.79 Å². The summed E-state index contributed by atoms with van der Waals surface area (Å²) < 4.78 is 0. The molecule has 4 heteroatoms. The van der Waals surface area contributed by atoms with Crippen LogP contribution in [0.5, 0.6) is 0 Å². The van der Waals surface area contributed by atoms with Crippen molar-refractivity contribution in [3.8, 4) is 0 Å². The fraction of sp³-hybridized carbons (Fsp3) is 0.929. The monoisotopic (exact) mass is 255 g/mol. The minimum Gasteiger partial charge on any atom is -0.297 e. The van der Waals surface area contributed by atoms with Crippen LogP contribution < -0.4 is 11.3 Å². The Morgan fingerprint density at radius 2 is 1.83 bits per heavy atom. The van der Waals surface area contributed by atoms with E-state index in [4.69, 9.17) is 5.84 Å². The van der Waals surface area contributed by atoms with Crippen LogP contribution in [0.15, 0.2) is 0 Å². The zero-order valence-corrected chi connectivity index (χ0v) is 12.3. The summed E-state index contributed by atoms with van der Waals surface area (Å²) in [5.74, 6) is 5.75. The van der Waals surface area contributed by atoms with Gasteiger partial charge in [0.1, 0.15) is 0 Å². The molecule has 18 heavy (non-hydrogen) atoms. The third-order valence-corrected chi connectivity index (χ3v) is 4.17. The van der Waals surface area contributed by atoms with Crippen molar-refractivity contribution in [2.24, 2.45) is 17.7 Å². The summed E-state index contributed by atoms with van der Waals surface area (Å²) in [5.41, 5.74) is 2.28. The molecule has 1 aliphatic carbocycles. The second kappa shape index (κ2) is 7.10. The molecule has 2 unspecified atom stereocenters. The lowest BCUT2D eigenvalue weighted by atomic mass is 9.97. The lowest BCUT2D eigenvalue weighted by molar-refractivity contribution is -0.127. The molecule has 1 amide bonds. The number of hydrogen-bond acceptors (Lipinski definition) is 3. The van der Waals surface area contributed by atoms with E-state index >= 15 is 0 Å². The number of hydrogen-bond donors (Lipinski definition) is 2. The molecule has 1 saturated carbocycles. The summed E-state index contributed by atoms with van der Waals surface area (Å²) in [7, 11) is 0. The molecule has 4 nitrogen and oxygen atoms in total. The Morgan fingerprint density at radius 1 is 1.28 bits per heavy atom. The van der Waals surface area contributed by atoms with Crippen molar-refractivity contribution in [1.29, 1.82) is 0 Å². The van der Waals surface area contributed by atoms with Gasteiger partial charge < -0.3 is 0 Å². The molecule has 0 saturated heterocycles. The molecule has 3 N–H and O–H groups in total. The van der Waals surface area contributed by atoms with E-state index in [0.717, 1.165) is 6.54 Å². The summed E-state index contributed by atoms with van der Waals surface area (Å²) in [4.78, 5) is 14.2. The van der Waals surface area contributed by atoms with Crippen LogP contribution in [-0.2, 0) is 4.79 Å². The number of hydrazine groups is 1. The largest absolute Gasteiger partial charge is 0.297 e. The standard InChI is InChI=1S/C14H29N3O/c1-10(2)9-17(13-7-5-6-8-13)12(4)11(3)14(18)16-15/h10-13H,5-9,15H2,1-4H3,(H,16,18). The Labute approximate surface area is 111 Å². The molecule has 0 aliphatic heterocycles. The highest BCUT2D eigenvalue weighted by Crippen LogP contribution is 2.28. The highest BCUT2D eigenvalue weighted by Gasteiger charge is 2.31. The Bertz CT molecular complexity index is 262. The summed E-state index contributed by atoms with van der Waals surface area (Å²) in [5, 5.41) is 0. The van der Waals surface area contributed by atoms with Crippen molar-refractivity contribution in [1.82, 2.24) is 10.3 Å².